The lowest BCUT2D eigenvalue weighted by Crippen LogP contribution is -1.99. The lowest BCUT2D eigenvalue weighted by Gasteiger charge is -2.05. The maximum atomic E-state index is 4.28. The Hall–Kier alpha value is 1.49. The van der Waals surface area contributed by atoms with Crippen molar-refractivity contribution in [1.29, 1.82) is 0 Å². The standard InChI is InChI=1S/C8H9Br3S2/c1-4(3-12)2-5-6(9)7(10)8(11)13-5/h4,12H,2-3H2,1H3. The minimum Gasteiger partial charge on any atom is -0.179 e. The molecule has 0 bridgehead atoms. The molecule has 0 aliphatic heterocycles. The van der Waals surface area contributed by atoms with Gasteiger partial charge in [-0.25, -0.2) is 0 Å². The molecule has 0 nitrogen and oxygen atoms in total. The van der Waals surface area contributed by atoms with Crippen LogP contribution in [0.4, 0.5) is 0 Å². The van der Waals surface area contributed by atoms with Crippen molar-refractivity contribution in [3.05, 3.63) is 17.6 Å². The molecule has 5 heteroatoms. The normalized spacial score (nSPS) is 13.3. The van der Waals surface area contributed by atoms with Crippen molar-refractivity contribution >= 4 is 71.8 Å². The first-order chi connectivity index (χ1) is 6.06. The second kappa shape index (κ2) is 5.54. The second-order valence-corrected chi connectivity index (χ2v) is 7.29. The Labute approximate surface area is 113 Å². The number of hydrogen-bond donors (Lipinski definition) is 1. The van der Waals surface area contributed by atoms with Gasteiger partial charge in [-0.1, -0.05) is 6.92 Å². The molecule has 1 aromatic heterocycles. The third kappa shape index (κ3) is 3.23. The lowest BCUT2D eigenvalue weighted by molar-refractivity contribution is 0.666. The summed E-state index contributed by atoms with van der Waals surface area (Å²) in [4.78, 5) is 1.38. The fourth-order valence-electron chi connectivity index (χ4n) is 0.919. The minimum absolute atomic E-state index is 0.622. The summed E-state index contributed by atoms with van der Waals surface area (Å²) in [5.41, 5.74) is 0. The summed E-state index contributed by atoms with van der Waals surface area (Å²) in [6.07, 6.45) is 1.08. The third-order valence-electron chi connectivity index (χ3n) is 1.67. The van der Waals surface area contributed by atoms with Crippen LogP contribution >= 0.6 is 71.8 Å². The van der Waals surface area contributed by atoms with E-state index in [9.17, 15) is 0 Å². The van der Waals surface area contributed by atoms with Crippen LogP contribution in [0.5, 0.6) is 0 Å². The van der Waals surface area contributed by atoms with Crippen LogP contribution in [-0.4, -0.2) is 5.75 Å². The van der Waals surface area contributed by atoms with Gasteiger partial charge in [-0.05, 0) is 65.9 Å². The summed E-state index contributed by atoms with van der Waals surface area (Å²) in [5.74, 6) is 1.55. The molecule has 0 radical (unpaired) electrons. The molecule has 0 aliphatic rings. The molecule has 1 aromatic rings. The Morgan fingerprint density at radius 2 is 1.92 bits per heavy atom. The number of rotatable bonds is 3. The summed E-state index contributed by atoms with van der Waals surface area (Å²) < 4.78 is 3.46. The Morgan fingerprint density at radius 1 is 1.31 bits per heavy atom. The maximum Gasteiger partial charge on any atom is 0.0855 e. The third-order valence-corrected chi connectivity index (χ3v) is 7.43. The average Bonchev–Trinajstić information content (AvgIpc) is 2.34. The van der Waals surface area contributed by atoms with Crippen LogP contribution in [0.2, 0.25) is 0 Å². The smallest absolute Gasteiger partial charge is 0.0855 e. The van der Waals surface area contributed by atoms with Crippen molar-refractivity contribution in [2.24, 2.45) is 5.92 Å². The molecule has 0 N–H and O–H groups in total. The Bertz CT molecular complexity index is 296. The molecule has 0 saturated heterocycles. The average molecular weight is 409 g/mol. The van der Waals surface area contributed by atoms with Crippen molar-refractivity contribution in [2.75, 3.05) is 5.75 Å². The van der Waals surface area contributed by atoms with E-state index in [1.54, 1.807) is 11.3 Å². The molecule has 0 spiro atoms. The van der Waals surface area contributed by atoms with Crippen molar-refractivity contribution in [1.82, 2.24) is 0 Å². The van der Waals surface area contributed by atoms with Crippen LogP contribution in [0.25, 0.3) is 0 Å². The zero-order valence-corrected chi connectivity index (χ0v) is 13.4. The van der Waals surface area contributed by atoms with Gasteiger partial charge in [0.15, 0.2) is 0 Å². The van der Waals surface area contributed by atoms with Gasteiger partial charge in [0, 0.05) is 9.35 Å². The van der Waals surface area contributed by atoms with Gasteiger partial charge in [0.2, 0.25) is 0 Å². The van der Waals surface area contributed by atoms with Gasteiger partial charge in [-0.15, -0.1) is 11.3 Å². The summed E-state index contributed by atoms with van der Waals surface area (Å²) in [7, 11) is 0. The van der Waals surface area contributed by atoms with E-state index in [-0.39, 0.29) is 0 Å². The molecule has 0 aromatic carbocycles. The molecule has 1 atom stereocenters. The Balaban J connectivity index is 2.83. The van der Waals surface area contributed by atoms with Crippen LogP contribution in [0.15, 0.2) is 12.7 Å². The number of hydrogen-bond acceptors (Lipinski definition) is 2. The fraction of sp³-hybridized carbons (Fsp3) is 0.500. The molecular weight excluding hydrogens is 400 g/mol. The van der Waals surface area contributed by atoms with Gasteiger partial charge in [-0.3, -0.25) is 0 Å². The fourth-order valence-corrected chi connectivity index (χ4v) is 4.41. The first-order valence-corrected chi connectivity index (χ1v) is 7.62. The van der Waals surface area contributed by atoms with E-state index < -0.39 is 0 Å². The van der Waals surface area contributed by atoms with E-state index in [4.69, 9.17) is 0 Å². The zero-order chi connectivity index (χ0) is 10.0. The monoisotopic (exact) mass is 406 g/mol. The lowest BCUT2D eigenvalue weighted by atomic mass is 10.1. The topological polar surface area (TPSA) is 0 Å². The first kappa shape index (κ1) is 12.6. The van der Waals surface area contributed by atoms with E-state index >= 15 is 0 Å². The predicted molar refractivity (Wildman–Crippen MR) is 74.1 cm³/mol. The largest absolute Gasteiger partial charge is 0.179 e. The second-order valence-electron chi connectivity index (χ2n) is 2.92. The number of halogens is 3. The Morgan fingerprint density at radius 3 is 2.31 bits per heavy atom. The van der Waals surface area contributed by atoms with Crippen molar-refractivity contribution in [2.45, 2.75) is 13.3 Å². The minimum atomic E-state index is 0.622. The quantitative estimate of drug-likeness (QED) is 0.657. The van der Waals surface area contributed by atoms with Crippen LogP contribution in [0.3, 0.4) is 0 Å². The van der Waals surface area contributed by atoms with E-state index in [1.165, 1.54) is 9.35 Å². The summed E-state index contributed by atoms with van der Waals surface area (Å²) in [5, 5.41) is 0. The highest BCUT2D eigenvalue weighted by Crippen LogP contribution is 2.41. The highest BCUT2D eigenvalue weighted by atomic mass is 79.9. The van der Waals surface area contributed by atoms with Crippen molar-refractivity contribution in [3.8, 4) is 0 Å². The molecular formula is C8H9Br3S2. The van der Waals surface area contributed by atoms with E-state index in [2.05, 4.69) is 67.3 Å². The van der Waals surface area contributed by atoms with Crippen LogP contribution in [0, 0.1) is 5.92 Å². The molecule has 0 aliphatic carbocycles. The SMILES string of the molecule is CC(CS)Cc1sc(Br)c(Br)c1Br. The van der Waals surface area contributed by atoms with Crippen molar-refractivity contribution in [3.63, 3.8) is 0 Å². The molecule has 0 saturated carbocycles. The summed E-state index contributed by atoms with van der Waals surface area (Å²) >= 11 is 16.6. The van der Waals surface area contributed by atoms with Crippen LogP contribution in [-0.2, 0) is 6.42 Å². The van der Waals surface area contributed by atoms with Gasteiger partial charge in [-0.2, -0.15) is 12.6 Å². The molecule has 0 fully saturated rings. The highest BCUT2D eigenvalue weighted by Gasteiger charge is 2.14. The van der Waals surface area contributed by atoms with Gasteiger partial charge in [0.1, 0.15) is 0 Å². The highest BCUT2D eigenvalue weighted by molar-refractivity contribution is 9.14. The van der Waals surface area contributed by atoms with Crippen LogP contribution in [0.1, 0.15) is 11.8 Å². The van der Waals surface area contributed by atoms with Gasteiger partial charge in [0.05, 0.1) is 8.26 Å². The van der Waals surface area contributed by atoms with Gasteiger partial charge < -0.3 is 0 Å². The van der Waals surface area contributed by atoms with Crippen LogP contribution < -0.4 is 0 Å². The number of thiol groups is 1. The number of thiophene rings is 1. The summed E-state index contributed by atoms with van der Waals surface area (Å²) in [6, 6.07) is 0. The molecule has 74 valence electrons. The maximum absolute atomic E-state index is 4.28. The molecule has 0 amide bonds. The first-order valence-electron chi connectivity index (χ1n) is 3.79. The molecule has 1 rings (SSSR count). The van der Waals surface area contributed by atoms with E-state index in [0.717, 1.165) is 20.4 Å². The molecule has 1 unspecified atom stereocenters. The summed E-state index contributed by atoms with van der Waals surface area (Å²) in [6.45, 7) is 2.21. The van der Waals surface area contributed by atoms with E-state index in [1.807, 2.05) is 0 Å². The van der Waals surface area contributed by atoms with Crippen molar-refractivity contribution < 1.29 is 0 Å². The van der Waals surface area contributed by atoms with E-state index in [0.29, 0.717) is 5.92 Å². The zero-order valence-electron chi connectivity index (χ0n) is 6.98. The molecule has 1 heterocycles. The van der Waals surface area contributed by atoms with Gasteiger partial charge >= 0.3 is 0 Å². The predicted octanol–water partition coefficient (Wildman–Crippen LogP) is 5.14. The Kier molecular flexibility index (Phi) is 5.35. The van der Waals surface area contributed by atoms with Gasteiger partial charge in [0.25, 0.3) is 0 Å². The molecule has 13 heavy (non-hydrogen) atoms.